The van der Waals surface area contributed by atoms with Crippen LogP contribution in [0.5, 0.6) is 5.75 Å². The number of oxazole rings is 1. The van der Waals surface area contributed by atoms with Gasteiger partial charge in [-0.3, -0.25) is 0 Å². The van der Waals surface area contributed by atoms with Gasteiger partial charge in [-0.05, 0) is 55.3 Å². The molecule has 0 aliphatic heterocycles. The number of ether oxygens (including phenoxy) is 1. The van der Waals surface area contributed by atoms with Crippen LogP contribution in [0.1, 0.15) is 17.0 Å². The summed E-state index contributed by atoms with van der Waals surface area (Å²) in [7, 11) is 0. The molecule has 20 heavy (non-hydrogen) atoms. The maximum absolute atomic E-state index is 5.74. The maximum Gasteiger partial charge on any atom is 0.233 e. The minimum atomic E-state index is 0.303. The first kappa shape index (κ1) is 12.5. The van der Waals surface area contributed by atoms with Gasteiger partial charge in [0.05, 0.1) is 0 Å². The highest BCUT2D eigenvalue weighted by molar-refractivity contribution is 5.77. The number of anilines is 1. The number of fused-ring (bicyclic) bond motifs is 1. The minimum Gasteiger partial charge on any atom is -0.484 e. The van der Waals surface area contributed by atoms with Gasteiger partial charge >= 0.3 is 0 Å². The van der Waals surface area contributed by atoms with Crippen LogP contribution in [0.2, 0.25) is 0 Å². The fourth-order valence-electron chi connectivity index (χ4n) is 2.19. The molecule has 4 heteroatoms. The van der Waals surface area contributed by atoms with Gasteiger partial charge in [-0.2, -0.15) is 0 Å². The van der Waals surface area contributed by atoms with Crippen LogP contribution in [0.4, 0.5) is 5.69 Å². The number of aryl methyl sites for hydroxylation is 2. The van der Waals surface area contributed by atoms with Gasteiger partial charge < -0.3 is 14.9 Å². The first-order valence-corrected chi connectivity index (χ1v) is 6.47. The zero-order chi connectivity index (χ0) is 14.1. The largest absolute Gasteiger partial charge is 0.484 e. The van der Waals surface area contributed by atoms with E-state index >= 15 is 0 Å². The molecule has 1 heterocycles. The molecule has 3 rings (SSSR count). The maximum atomic E-state index is 5.74. The lowest BCUT2D eigenvalue weighted by Crippen LogP contribution is -1.95. The van der Waals surface area contributed by atoms with E-state index in [1.54, 1.807) is 12.1 Å². The summed E-state index contributed by atoms with van der Waals surface area (Å²) in [5, 5.41) is 0. The molecule has 2 aromatic carbocycles. The number of nitrogens with zero attached hydrogens (tertiary/aromatic N) is 1. The van der Waals surface area contributed by atoms with Crippen LogP contribution >= 0.6 is 0 Å². The molecule has 0 amide bonds. The monoisotopic (exact) mass is 268 g/mol. The number of rotatable bonds is 3. The third-order valence-corrected chi connectivity index (χ3v) is 3.11. The average Bonchev–Trinajstić information content (AvgIpc) is 2.81. The van der Waals surface area contributed by atoms with Crippen molar-refractivity contribution in [2.24, 2.45) is 0 Å². The molecule has 0 aliphatic carbocycles. The Balaban J connectivity index is 1.81. The predicted octanol–water partition coefficient (Wildman–Crippen LogP) is 3.61. The summed E-state index contributed by atoms with van der Waals surface area (Å²) in [5.74, 6) is 1.32. The quantitative estimate of drug-likeness (QED) is 0.737. The highest BCUT2D eigenvalue weighted by Crippen LogP contribution is 2.22. The van der Waals surface area contributed by atoms with E-state index < -0.39 is 0 Å². The Hall–Kier alpha value is -2.49. The summed E-state index contributed by atoms with van der Waals surface area (Å²) in [4.78, 5) is 4.45. The van der Waals surface area contributed by atoms with Crippen molar-refractivity contribution in [1.82, 2.24) is 4.98 Å². The van der Waals surface area contributed by atoms with E-state index in [0.717, 1.165) is 22.4 Å². The molecule has 0 saturated heterocycles. The molecule has 0 fully saturated rings. The number of hydrogen-bond donors (Lipinski definition) is 1. The molecule has 0 bridgehead atoms. The van der Waals surface area contributed by atoms with Gasteiger partial charge in [0.25, 0.3) is 0 Å². The number of benzene rings is 2. The molecule has 0 aliphatic rings. The van der Waals surface area contributed by atoms with Crippen LogP contribution in [0.15, 0.2) is 40.8 Å². The van der Waals surface area contributed by atoms with Gasteiger partial charge in [0, 0.05) is 5.69 Å². The van der Waals surface area contributed by atoms with E-state index in [9.17, 15) is 0 Å². The summed E-state index contributed by atoms with van der Waals surface area (Å²) in [6, 6.07) is 11.3. The van der Waals surface area contributed by atoms with E-state index in [2.05, 4.69) is 11.1 Å². The van der Waals surface area contributed by atoms with Gasteiger partial charge in [0.2, 0.25) is 5.89 Å². The van der Waals surface area contributed by atoms with Crippen LogP contribution in [0.3, 0.4) is 0 Å². The van der Waals surface area contributed by atoms with E-state index in [1.165, 1.54) is 5.56 Å². The fraction of sp³-hybridized carbons (Fsp3) is 0.188. The molecule has 3 aromatic rings. The Morgan fingerprint density at radius 3 is 2.65 bits per heavy atom. The Bertz CT molecular complexity index is 745. The van der Waals surface area contributed by atoms with Crippen molar-refractivity contribution in [1.29, 1.82) is 0 Å². The highest BCUT2D eigenvalue weighted by Gasteiger charge is 2.09. The van der Waals surface area contributed by atoms with Crippen molar-refractivity contribution < 1.29 is 9.15 Å². The summed E-state index contributed by atoms with van der Waals surface area (Å²) < 4.78 is 11.4. The normalized spacial score (nSPS) is 10.9. The van der Waals surface area contributed by atoms with Gasteiger partial charge in [-0.15, -0.1) is 0 Å². The molecular formula is C16H16N2O2. The topological polar surface area (TPSA) is 61.3 Å². The van der Waals surface area contributed by atoms with Crippen LogP contribution in [-0.2, 0) is 6.61 Å². The van der Waals surface area contributed by atoms with Crippen molar-refractivity contribution in [2.45, 2.75) is 20.5 Å². The molecular weight excluding hydrogens is 252 g/mol. The standard InChI is InChI=1S/C16H16N2O2/c1-10-7-11(2)16-14(8-10)18-15(20-16)9-19-13-5-3-12(17)4-6-13/h3-8H,9,17H2,1-2H3. The first-order chi connectivity index (χ1) is 9.61. The van der Waals surface area contributed by atoms with E-state index in [0.29, 0.717) is 18.2 Å². The molecule has 0 radical (unpaired) electrons. The average molecular weight is 268 g/mol. The molecule has 4 nitrogen and oxygen atoms in total. The van der Waals surface area contributed by atoms with Crippen LogP contribution < -0.4 is 10.5 Å². The van der Waals surface area contributed by atoms with Crippen molar-refractivity contribution in [3.8, 4) is 5.75 Å². The van der Waals surface area contributed by atoms with Crippen molar-refractivity contribution >= 4 is 16.8 Å². The number of hydrogen-bond acceptors (Lipinski definition) is 4. The lowest BCUT2D eigenvalue weighted by molar-refractivity contribution is 0.267. The Labute approximate surface area is 117 Å². The lowest BCUT2D eigenvalue weighted by Gasteiger charge is -2.03. The lowest BCUT2D eigenvalue weighted by atomic mass is 10.1. The molecule has 0 unspecified atom stereocenters. The molecule has 1 aromatic heterocycles. The smallest absolute Gasteiger partial charge is 0.233 e. The second-order valence-corrected chi connectivity index (χ2v) is 4.90. The van der Waals surface area contributed by atoms with E-state index in [1.807, 2.05) is 32.0 Å². The summed E-state index contributed by atoms with van der Waals surface area (Å²) in [5.41, 5.74) is 10.3. The second kappa shape index (κ2) is 4.89. The van der Waals surface area contributed by atoms with E-state index in [-0.39, 0.29) is 0 Å². The molecule has 102 valence electrons. The molecule has 0 spiro atoms. The zero-order valence-corrected chi connectivity index (χ0v) is 11.5. The van der Waals surface area contributed by atoms with Crippen LogP contribution in [0.25, 0.3) is 11.1 Å². The minimum absolute atomic E-state index is 0.303. The number of nitrogen functional groups attached to an aromatic ring is 1. The summed E-state index contributed by atoms with van der Waals surface area (Å²) >= 11 is 0. The van der Waals surface area contributed by atoms with Gasteiger partial charge in [-0.1, -0.05) is 6.07 Å². The first-order valence-electron chi connectivity index (χ1n) is 6.47. The van der Waals surface area contributed by atoms with Gasteiger partial charge in [0.15, 0.2) is 12.2 Å². The van der Waals surface area contributed by atoms with Crippen molar-refractivity contribution in [3.63, 3.8) is 0 Å². The van der Waals surface area contributed by atoms with Crippen LogP contribution in [-0.4, -0.2) is 4.98 Å². The predicted molar refractivity (Wildman–Crippen MR) is 78.7 cm³/mol. The Morgan fingerprint density at radius 2 is 1.90 bits per heavy atom. The Kier molecular flexibility index (Phi) is 3.06. The van der Waals surface area contributed by atoms with Crippen molar-refractivity contribution in [2.75, 3.05) is 5.73 Å². The van der Waals surface area contributed by atoms with Gasteiger partial charge in [-0.25, -0.2) is 4.98 Å². The number of nitrogens with two attached hydrogens (primary N) is 1. The molecule has 0 saturated carbocycles. The second-order valence-electron chi connectivity index (χ2n) is 4.90. The third-order valence-electron chi connectivity index (χ3n) is 3.11. The van der Waals surface area contributed by atoms with Crippen LogP contribution in [0, 0.1) is 13.8 Å². The summed E-state index contributed by atoms with van der Waals surface area (Å²) in [6.07, 6.45) is 0. The van der Waals surface area contributed by atoms with E-state index in [4.69, 9.17) is 14.9 Å². The molecule has 2 N–H and O–H groups in total. The van der Waals surface area contributed by atoms with Gasteiger partial charge in [0.1, 0.15) is 11.3 Å². The molecule has 0 atom stereocenters. The fourth-order valence-corrected chi connectivity index (χ4v) is 2.19. The Morgan fingerprint density at radius 1 is 1.15 bits per heavy atom. The zero-order valence-electron chi connectivity index (χ0n) is 11.5. The third kappa shape index (κ3) is 2.45. The summed E-state index contributed by atoms with van der Waals surface area (Å²) in [6.45, 7) is 4.37. The highest BCUT2D eigenvalue weighted by atomic mass is 16.5. The SMILES string of the molecule is Cc1cc(C)c2oc(COc3ccc(N)cc3)nc2c1. The van der Waals surface area contributed by atoms with Crippen molar-refractivity contribution in [3.05, 3.63) is 53.4 Å². The number of aromatic nitrogens is 1.